The van der Waals surface area contributed by atoms with Crippen molar-refractivity contribution in [1.82, 2.24) is 15.0 Å². The van der Waals surface area contributed by atoms with E-state index in [4.69, 9.17) is 0 Å². The van der Waals surface area contributed by atoms with Gasteiger partial charge in [-0.05, 0) is 49.4 Å². The lowest BCUT2D eigenvalue weighted by atomic mass is 10.1. The second kappa shape index (κ2) is 6.80. The van der Waals surface area contributed by atoms with Crippen molar-refractivity contribution in [3.63, 3.8) is 0 Å². The number of nitrogens with one attached hydrogen (secondary N) is 2. The third-order valence-corrected chi connectivity index (χ3v) is 4.76. The number of rotatable bonds is 6. The van der Waals surface area contributed by atoms with E-state index in [1.807, 2.05) is 26.1 Å². The molecule has 0 amide bonds. The van der Waals surface area contributed by atoms with Crippen LogP contribution in [0.1, 0.15) is 24.1 Å². The fourth-order valence-corrected chi connectivity index (χ4v) is 2.88. The zero-order valence-corrected chi connectivity index (χ0v) is 12.9. The van der Waals surface area contributed by atoms with Crippen LogP contribution in [0.15, 0.2) is 53.7 Å². The number of sulfonamides is 1. The molecule has 1 aromatic heterocycles. The van der Waals surface area contributed by atoms with E-state index in [0.29, 0.717) is 0 Å². The van der Waals surface area contributed by atoms with Gasteiger partial charge in [0.2, 0.25) is 10.0 Å². The summed E-state index contributed by atoms with van der Waals surface area (Å²) in [4.78, 5) is 4.17. The van der Waals surface area contributed by atoms with Crippen molar-refractivity contribution in [3.8, 4) is 0 Å². The molecule has 1 unspecified atom stereocenters. The SMILES string of the molecule is CNC(C)c1ccc(S(=O)(=O)NCc2ccncc2)cc1. The minimum absolute atomic E-state index is 0.187. The maximum Gasteiger partial charge on any atom is 0.240 e. The number of benzene rings is 1. The fraction of sp³-hybridized carbons (Fsp3) is 0.267. The van der Waals surface area contributed by atoms with Gasteiger partial charge >= 0.3 is 0 Å². The third-order valence-electron chi connectivity index (χ3n) is 3.34. The molecule has 6 heteroatoms. The van der Waals surface area contributed by atoms with Gasteiger partial charge in [-0.1, -0.05) is 12.1 Å². The zero-order chi connectivity index (χ0) is 15.3. The molecule has 1 aromatic carbocycles. The molecule has 21 heavy (non-hydrogen) atoms. The van der Waals surface area contributed by atoms with E-state index in [1.54, 1.807) is 36.7 Å². The molecule has 2 N–H and O–H groups in total. The molecule has 2 rings (SSSR count). The van der Waals surface area contributed by atoms with Gasteiger partial charge in [0.25, 0.3) is 0 Å². The summed E-state index contributed by atoms with van der Waals surface area (Å²) >= 11 is 0. The van der Waals surface area contributed by atoms with Crippen LogP contribution in [0.3, 0.4) is 0 Å². The van der Waals surface area contributed by atoms with Gasteiger partial charge in [0.1, 0.15) is 0 Å². The smallest absolute Gasteiger partial charge is 0.240 e. The van der Waals surface area contributed by atoms with Crippen LogP contribution in [0.25, 0.3) is 0 Å². The molecule has 112 valence electrons. The maximum absolute atomic E-state index is 12.2. The molecule has 0 radical (unpaired) electrons. The third kappa shape index (κ3) is 4.10. The Kier molecular flexibility index (Phi) is 5.06. The highest BCUT2D eigenvalue weighted by atomic mass is 32.2. The first-order valence-corrected chi connectivity index (χ1v) is 8.17. The largest absolute Gasteiger partial charge is 0.313 e. The van der Waals surface area contributed by atoms with E-state index in [-0.39, 0.29) is 17.5 Å². The van der Waals surface area contributed by atoms with E-state index in [2.05, 4.69) is 15.0 Å². The van der Waals surface area contributed by atoms with Crippen molar-refractivity contribution in [1.29, 1.82) is 0 Å². The Hall–Kier alpha value is -1.76. The molecule has 1 atom stereocenters. The van der Waals surface area contributed by atoms with Crippen molar-refractivity contribution in [2.75, 3.05) is 7.05 Å². The average molecular weight is 305 g/mol. The Balaban J connectivity index is 2.09. The zero-order valence-electron chi connectivity index (χ0n) is 12.1. The monoisotopic (exact) mass is 305 g/mol. The second-order valence-electron chi connectivity index (χ2n) is 4.76. The average Bonchev–Trinajstić information content (AvgIpc) is 2.53. The molecule has 0 saturated heterocycles. The lowest BCUT2D eigenvalue weighted by Crippen LogP contribution is -2.23. The van der Waals surface area contributed by atoms with Crippen LogP contribution < -0.4 is 10.0 Å². The topological polar surface area (TPSA) is 71.1 Å². The van der Waals surface area contributed by atoms with Gasteiger partial charge in [-0.3, -0.25) is 4.98 Å². The van der Waals surface area contributed by atoms with E-state index < -0.39 is 10.0 Å². The summed E-state index contributed by atoms with van der Waals surface area (Å²) in [5.41, 5.74) is 1.92. The molecular formula is C15H19N3O2S. The van der Waals surface area contributed by atoms with Gasteiger partial charge in [-0.25, -0.2) is 13.1 Å². The fourth-order valence-electron chi connectivity index (χ4n) is 1.86. The van der Waals surface area contributed by atoms with E-state index in [9.17, 15) is 8.42 Å². The highest BCUT2D eigenvalue weighted by Gasteiger charge is 2.14. The summed E-state index contributed by atoms with van der Waals surface area (Å²) in [5.74, 6) is 0. The predicted octanol–water partition coefficient (Wildman–Crippen LogP) is 1.84. The molecular weight excluding hydrogens is 286 g/mol. The Morgan fingerprint density at radius 1 is 1.10 bits per heavy atom. The van der Waals surface area contributed by atoms with E-state index in [1.165, 1.54) is 0 Å². The molecule has 2 aromatic rings. The van der Waals surface area contributed by atoms with Crippen molar-refractivity contribution < 1.29 is 8.42 Å². The molecule has 0 aliphatic rings. The van der Waals surface area contributed by atoms with Crippen LogP contribution in [0.4, 0.5) is 0 Å². The first-order chi connectivity index (χ1) is 10.0. The molecule has 5 nitrogen and oxygen atoms in total. The highest BCUT2D eigenvalue weighted by molar-refractivity contribution is 7.89. The number of hydrogen-bond acceptors (Lipinski definition) is 4. The second-order valence-corrected chi connectivity index (χ2v) is 6.53. The number of hydrogen-bond donors (Lipinski definition) is 2. The van der Waals surface area contributed by atoms with Crippen molar-refractivity contribution >= 4 is 10.0 Å². The van der Waals surface area contributed by atoms with E-state index in [0.717, 1.165) is 11.1 Å². The quantitative estimate of drug-likeness (QED) is 0.854. The Labute approximate surface area is 125 Å². The van der Waals surface area contributed by atoms with Gasteiger partial charge in [-0.2, -0.15) is 0 Å². The molecule has 0 aliphatic carbocycles. The summed E-state index contributed by atoms with van der Waals surface area (Å²) in [6, 6.07) is 10.6. The number of pyridine rings is 1. The van der Waals surface area contributed by atoms with Crippen LogP contribution in [0.2, 0.25) is 0 Å². The summed E-state index contributed by atoms with van der Waals surface area (Å²) in [7, 11) is -1.63. The molecule has 0 saturated carbocycles. The maximum atomic E-state index is 12.2. The van der Waals surface area contributed by atoms with Crippen LogP contribution in [-0.2, 0) is 16.6 Å². The van der Waals surface area contributed by atoms with Crippen LogP contribution in [0.5, 0.6) is 0 Å². The minimum atomic E-state index is -3.50. The van der Waals surface area contributed by atoms with Crippen molar-refractivity contribution in [2.45, 2.75) is 24.4 Å². The summed E-state index contributed by atoms with van der Waals surface area (Å²) in [5, 5.41) is 3.12. The van der Waals surface area contributed by atoms with Gasteiger partial charge in [0.15, 0.2) is 0 Å². The predicted molar refractivity (Wildman–Crippen MR) is 82.2 cm³/mol. The summed E-state index contributed by atoms with van der Waals surface area (Å²) in [6.07, 6.45) is 3.27. The minimum Gasteiger partial charge on any atom is -0.313 e. The summed E-state index contributed by atoms with van der Waals surface area (Å²) in [6.45, 7) is 2.27. The lowest BCUT2D eigenvalue weighted by Gasteiger charge is -2.12. The number of nitrogens with zero attached hydrogens (tertiary/aromatic N) is 1. The Morgan fingerprint density at radius 2 is 1.71 bits per heavy atom. The van der Waals surface area contributed by atoms with Crippen LogP contribution in [-0.4, -0.2) is 20.4 Å². The molecule has 1 heterocycles. The van der Waals surface area contributed by atoms with Crippen molar-refractivity contribution in [3.05, 3.63) is 59.9 Å². The molecule has 0 fully saturated rings. The molecule has 0 bridgehead atoms. The number of aromatic nitrogens is 1. The van der Waals surface area contributed by atoms with Gasteiger partial charge < -0.3 is 5.32 Å². The first kappa shape index (κ1) is 15.6. The van der Waals surface area contributed by atoms with Gasteiger partial charge in [0, 0.05) is 25.0 Å². The normalized spacial score (nSPS) is 13.0. The first-order valence-electron chi connectivity index (χ1n) is 6.69. The van der Waals surface area contributed by atoms with E-state index >= 15 is 0 Å². The van der Waals surface area contributed by atoms with Crippen LogP contribution >= 0.6 is 0 Å². The lowest BCUT2D eigenvalue weighted by molar-refractivity contribution is 0.581. The Bertz CT molecular complexity index is 670. The molecule has 0 aliphatic heterocycles. The summed E-state index contributed by atoms with van der Waals surface area (Å²) < 4.78 is 27.0. The van der Waals surface area contributed by atoms with Crippen molar-refractivity contribution in [2.24, 2.45) is 0 Å². The highest BCUT2D eigenvalue weighted by Crippen LogP contribution is 2.16. The van der Waals surface area contributed by atoms with Crippen LogP contribution in [0, 0.1) is 0 Å². The standard InChI is InChI=1S/C15H19N3O2S/c1-12(16-2)14-3-5-15(6-4-14)21(19,20)18-11-13-7-9-17-10-8-13/h3-10,12,16,18H,11H2,1-2H3. The van der Waals surface area contributed by atoms with Gasteiger partial charge in [0.05, 0.1) is 4.90 Å². The van der Waals surface area contributed by atoms with Gasteiger partial charge in [-0.15, -0.1) is 0 Å². The molecule has 0 spiro atoms. The Morgan fingerprint density at radius 3 is 2.29 bits per heavy atom.